The van der Waals surface area contributed by atoms with Gasteiger partial charge in [0, 0.05) is 5.39 Å². The number of pyridine rings is 1. The van der Waals surface area contributed by atoms with Crippen molar-refractivity contribution in [3.8, 4) is 5.75 Å². The number of rotatable bonds is 1. The van der Waals surface area contributed by atoms with Crippen LogP contribution in [0.1, 0.15) is 11.1 Å². The molecular formula is C12H10ClNO. The molecule has 0 N–H and O–H groups in total. The molecule has 1 aliphatic carbocycles. The van der Waals surface area contributed by atoms with Gasteiger partial charge in [-0.3, -0.25) is 0 Å². The predicted octanol–water partition coefficient (Wildman–Crippen LogP) is 3.00. The molecule has 0 amide bonds. The minimum Gasteiger partial charge on any atom is -0.494 e. The number of benzene rings is 1. The number of hydrogen-bond acceptors (Lipinski definition) is 2. The largest absolute Gasteiger partial charge is 0.494 e. The van der Waals surface area contributed by atoms with Gasteiger partial charge in [-0.1, -0.05) is 17.7 Å². The lowest BCUT2D eigenvalue weighted by molar-refractivity contribution is 0.419. The highest BCUT2D eigenvalue weighted by Gasteiger charge is 2.18. The number of methoxy groups -OCH3 is 1. The maximum absolute atomic E-state index is 5.99. The number of nitrogens with zero attached hydrogens (tertiary/aromatic N) is 1. The highest BCUT2D eigenvalue weighted by atomic mass is 35.5. The van der Waals surface area contributed by atoms with Crippen molar-refractivity contribution in [1.29, 1.82) is 0 Å². The second-order valence-corrected chi connectivity index (χ2v) is 4.14. The molecule has 2 aromatic rings. The topological polar surface area (TPSA) is 22.1 Å². The van der Waals surface area contributed by atoms with Crippen molar-refractivity contribution in [2.24, 2.45) is 0 Å². The Morgan fingerprint density at radius 1 is 1.27 bits per heavy atom. The molecule has 0 aliphatic heterocycles. The molecule has 0 saturated carbocycles. The lowest BCUT2D eigenvalue weighted by Crippen LogP contribution is -1.90. The third-order valence-corrected chi connectivity index (χ3v) is 3.14. The molecule has 0 unspecified atom stereocenters. The summed E-state index contributed by atoms with van der Waals surface area (Å²) in [7, 11) is 1.66. The van der Waals surface area contributed by atoms with Gasteiger partial charge in [-0.25, -0.2) is 4.98 Å². The number of aryl methyl sites for hydroxylation is 2. The summed E-state index contributed by atoms with van der Waals surface area (Å²) in [5.74, 6) is 0.805. The maximum atomic E-state index is 5.99. The van der Waals surface area contributed by atoms with Crippen LogP contribution in [0.4, 0.5) is 0 Å². The van der Waals surface area contributed by atoms with Gasteiger partial charge in [0.2, 0.25) is 0 Å². The maximum Gasteiger partial charge on any atom is 0.145 e. The Kier molecular flexibility index (Phi) is 1.86. The van der Waals surface area contributed by atoms with Crippen molar-refractivity contribution < 1.29 is 4.74 Å². The summed E-state index contributed by atoms with van der Waals surface area (Å²) in [4.78, 5) is 4.35. The third-order valence-electron chi connectivity index (χ3n) is 2.94. The zero-order valence-electron chi connectivity index (χ0n) is 8.38. The molecule has 3 heteroatoms. The molecule has 0 fully saturated rings. The van der Waals surface area contributed by atoms with Gasteiger partial charge in [0.25, 0.3) is 0 Å². The summed E-state index contributed by atoms with van der Waals surface area (Å²) < 4.78 is 5.30. The number of ether oxygens (including phenoxy) is 1. The van der Waals surface area contributed by atoms with Gasteiger partial charge in [-0.05, 0) is 36.1 Å². The van der Waals surface area contributed by atoms with Crippen LogP contribution in [0.3, 0.4) is 0 Å². The molecule has 1 heterocycles. The van der Waals surface area contributed by atoms with Gasteiger partial charge >= 0.3 is 0 Å². The molecule has 0 saturated heterocycles. The van der Waals surface area contributed by atoms with Crippen molar-refractivity contribution >= 4 is 22.5 Å². The zero-order chi connectivity index (χ0) is 10.4. The first-order valence-corrected chi connectivity index (χ1v) is 5.32. The van der Waals surface area contributed by atoms with Crippen LogP contribution in [0.2, 0.25) is 5.15 Å². The average Bonchev–Trinajstić information content (AvgIpc) is 2.63. The second kappa shape index (κ2) is 3.11. The molecule has 2 nitrogen and oxygen atoms in total. The Bertz CT molecular complexity index is 551. The quantitative estimate of drug-likeness (QED) is 0.688. The van der Waals surface area contributed by atoms with Gasteiger partial charge in [0.05, 0.1) is 7.11 Å². The van der Waals surface area contributed by atoms with E-state index in [0.29, 0.717) is 5.15 Å². The van der Waals surface area contributed by atoms with E-state index in [-0.39, 0.29) is 0 Å². The standard InChI is InChI=1S/C12H10ClNO/c1-15-9-5-4-7-2-3-8-6-10(13)14-12(9)11(7)8/h4-6H,2-3H2,1H3. The van der Waals surface area contributed by atoms with Crippen molar-refractivity contribution in [3.05, 3.63) is 34.5 Å². The molecule has 0 atom stereocenters. The van der Waals surface area contributed by atoms with Crippen molar-refractivity contribution in [1.82, 2.24) is 4.98 Å². The fraction of sp³-hybridized carbons (Fsp3) is 0.250. The summed E-state index contributed by atoms with van der Waals surface area (Å²) in [5, 5.41) is 1.79. The number of halogens is 1. The highest BCUT2D eigenvalue weighted by Crippen LogP contribution is 2.36. The minimum absolute atomic E-state index is 0.551. The Hall–Kier alpha value is -1.28. The molecule has 1 aromatic heterocycles. The average molecular weight is 220 g/mol. The van der Waals surface area contributed by atoms with Crippen molar-refractivity contribution in [2.45, 2.75) is 12.8 Å². The fourth-order valence-corrected chi connectivity index (χ4v) is 2.49. The summed E-state index contributed by atoms with van der Waals surface area (Å²) in [6.07, 6.45) is 2.14. The molecule has 0 spiro atoms. The molecule has 1 aliphatic rings. The van der Waals surface area contributed by atoms with E-state index in [4.69, 9.17) is 16.3 Å². The molecule has 1 aromatic carbocycles. The van der Waals surface area contributed by atoms with Crippen LogP contribution in [0.25, 0.3) is 10.9 Å². The van der Waals surface area contributed by atoms with Crippen LogP contribution in [-0.4, -0.2) is 12.1 Å². The number of aromatic nitrogens is 1. The summed E-state index contributed by atoms with van der Waals surface area (Å²) >= 11 is 5.99. The van der Waals surface area contributed by atoms with Gasteiger partial charge in [0.15, 0.2) is 0 Å². The van der Waals surface area contributed by atoms with Crippen LogP contribution in [-0.2, 0) is 12.8 Å². The highest BCUT2D eigenvalue weighted by molar-refractivity contribution is 6.30. The molecule has 15 heavy (non-hydrogen) atoms. The second-order valence-electron chi connectivity index (χ2n) is 3.75. The molecule has 3 rings (SSSR count). The first-order valence-electron chi connectivity index (χ1n) is 4.94. The Morgan fingerprint density at radius 3 is 2.87 bits per heavy atom. The SMILES string of the molecule is COc1ccc2c3c(cc(Cl)nc13)CC2. The monoisotopic (exact) mass is 219 g/mol. The van der Waals surface area contributed by atoms with E-state index in [1.807, 2.05) is 12.1 Å². The van der Waals surface area contributed by atoms with Crippen molar-refractivity contribution in [2.75, 3.05) is 7.11 Å². The normalized spacial score (nSPS) is 13.5. The molecule has 0 radical (unpaired) electrons. The van der Waals surface area contributed by atoms with Gasteiger partial charge < -0.3 is 4.74 Å². The van der Waals surface area contributed by atoms with E-state index in [2.05, 4.69) is 11.1 Å². The summed E-state index contributed by atoms with van der Waals surface area (Å²) in [6.45, 7) is 0. The molecular weight excluding hydrogens is 210 g/mol. The number of hydrogen-bond donors (Lipinski definition) is 0. The van der Waals surface area contributed by atoms with Gasteiger partial charge in [-0.15, -0.1) is 0 Å². The Morgan fingerprint density at radius 2 is 2.07 bits per heavy atom. The van der Waals surface area contributed by atoms with Crippen LogP contribution < -0.4 is 4.74 Å². The van der Waals surface area contributed by atoms with E-state index in [1.165, 1.54) is 16.5 Å². The fourth-order valence-electron chi connectivity index (χ4n) is 2.28. The van der Waals surface area contributed by atoms with Crippen LogP contribution in [0, 0.1) is 0 Å². The smallest absolute Gasteiger partial charge is 0.145 e. The van der Waals surface area contributed by atoms with Crippen LogP contribution in [0.5, 0.6) is 5.75 Å². The van der Waals surface area contributed by atoms with Gasteiger partial charge in [0.1, 0.15) is 16.4 Å². The zero-order valence-corrected chi connectivity index (χ0v) is 9.14. The van der Waals surface area contributed by atoms with E-state index in [1.54, 1.807) is 7.11 Å². The molecule has 0 bridgehead atoms. The Balaban J connectivity index is 2.48. The van der Waals surface area contributed by atoms with Crippen LogP contribution in [0.15, 0.2) is 18.2 Å². The molecule has 76 valence electrons. The lowest BCUT2D eigenvalue weighted by Gasteiger charge is -2.07. The summed E-state index contributed by atoms with van der Waals surface area (Å²) in [5.41, 5.74) is 3.54. The Labute approximate surface area is 92.8 Å². The van der Waals surface area contributed by atoms with E-state index in [0.717, 1.165) is 24.1 Å². The lowest BCUT2D eigenvalue weighted by atomic mass is 10.1. The van der Waals surface area contributed by atoms with Crippen molar-refractivity contribution in [3.63, 3.8) is 0 Å². The minimum atomic E-state index is 0.551. The van der Waals surface area contributed by atoms with Gasteiger partial charge in [-0.2, -0.15) is 0 Å². The first-order chi connectivity index (χ1) is 7.29. The van der Waals surface area contributed by atoms with Crippen LogP contribution >= 0.6 is 11.6 Å². The van der Waals surface area contributed by atoms with E-state index >= 15 is 0 Å². The van der Waals surface area contributed by atoms with E-state index in [9.17, 15) is 0 Å². The third kappa shape index (κ3) is 1.21. The predicted molar refractivity (Wildman–Crippen MR) is 60.7 cm³/mol. The first kappa shape index (κ1) is 8.98. The summed E-state index contributed by atoms with van der Waals surface area (Å²) in [6, 6.07) is 6.04. The van der Waals surface area contributed by atoms with E-state index < -0.39 is 0 Å².